The van der Waals surface area contributed by atoms with E-state index >= 15 is 0 Å². The zero-order valence-electron chi connectivity index (χ0n) is 16.1. The Morgan fingerprint density at radius 1 is 1.10 bits per heavy atom. The van der Waals surface area contributed by atoms with Crippen LogP contribution in [-0.2, 0) is 16.0 Å². The topological polar surface area (TPSA) is 75.7 Å². The first-order valence-corrected chi connectivity index (χ1v) is 10.1. The third kappa shape index (κ3) is 6.22. The molecule has 150 valence electrons. The van der Waals surface area contributed by atoms with Gasteiger partial charge in [0.15, 0.2) is 0 Å². The van der Waals surface area contributed by atoms with Crippen molar-refractivity contribution in [1.29, 1.82) is 0 Å². The van der Waals surface area contributed by atoms with E-state index in [4.69, 9.17) is 4.74 Å². The van der Waals surface area contributed by atoms with Gasteiger partial charge in [-0.15, -0.1) is 0 Å². The van der Waals surface area contributed by atoms with Gasteiger partial charge in [-0.25, -0.2) is 0 Å². The molecule has 2 aromatic rings. The van der Waals surface area contributed by atoms with E-state index in [1.54, 1.807) is 42.3 Å². The summed E-state index contributed by atoms with van der Waals surface area (Å²) in [6, 6.07) is 17.1. The maximum absolute atomic E-state index is 12.2. The maximum Gasteiger partial charge on any atom is 0.291 e. The van der Waals surface area contributed by atoms with Crippen molar-refractivity contribution in [3.63, 3.8) is 0 Å². The number of hydrogen-bond acceptors (Lipinski definition) is 5. The van der Waals surface area contributed by atoms with Crippen LogP contribution < -0.4 is 10.1 Å². The molecule has 1 saturated heterocycles. The Kier molecular flexibility index (Phi) is 7.08. The van der Waals surface area contributed by atoms with Crippen LogP contribution in [0.25, 0.3) is 6.08 Å². The fourth-order valence-corrected chi connectivity index (χ4v) is 3.31. The largest absolute Gasteiger partial charge is 0.492 e. The SMILES string of the molecule is CN(CCOc1ccc(C=C2NC(=O)SC2=O)cc1)C(=O)CCc1ccccc1. The summed E-state index contributed by atoms with van der Waals surface area (Å²) < 4.78 is 5.70. The lowest BCUT2D eigenvalue weighted by atomic mass is 10.1. The van der Waals surface area contributed by atoms with Crippen LogP contribution in [0, 0.1) is 0 Å². The highest BCUT2D eigenvalue weighted by molar-refractivity contribution is 8.27. The molecule has 1 fully saturated rings. The van der Waals surface area contributed by atoms with Crippen LogP contribution in [0.2, 0.25) is 0 Å². The highest BCUT2D eigenvalue weighted by Gasteiger charge is 2.25. The highest BCUT2D eigenvalue weighted by atomic mass is 32.2. The fourth-order valence-electron chi connectivity index (χ4n) is 2.76. The molecule has 1 N–H and O–H groups in total. The van der Waals surface area contributed by atoms with Crippen molar-refractivity contribution < 1.29 is 19.1 Å². The molecule has 3 rings (SSSR count). The molecule has 29 heavy (non-hydrogen) atoms. The van der Waals surface area contributed by atoms with Gasteiger partial charge in [0.25, 0.3) is 5.24 Å². The summed E-state index contributed by atoms with van der Waals surface area (Å²) in [6.07, 6.45) is 2.82. The summed E-state index contributed by atoms with van der Waals surface area (Å²) in [5, 5.41) is 1.87. The summed E-state index contributed by atoms with van der Waals surface area (Å²) >= 11 is 0.655. The van der Waals surface area contributed by atoms with Crippen LogP contribution in [-0.4, -0.2) is 41.4 Å². The molecule has 7 heteroatoms. The number of nitrogens with zero attached hydrogens (tertiary/aromatic N) is 1. The summed E-state index contributed by atoms with van der Waals surface area (Å²) in [7, 11) is 1.77. The normalized spacial score (nSPS) is 14.7. The van der Waals surface area contributed by atoms with Crippen molar-refractivity contribution >= 4 is 34.1 Å². The van der Waals surface area contributed by atoms with Gasteiger partial charge >= 0.3 is 0 Å². The minimum absolute atomic E-state index is 0.0839. The number of ether oxygens (including phenoxy) is 1. The third-order valence-corrected chi connectivity index (χ3v) is 5.12. The van der Waals surface area contributed by atoms with Gasteiger partial charge in [-0.2, -0.15) is 0 Å². The molecule has 0 saturated carbocycles. The van der Waals surface area contributed by atoms with Gasteiger partial charge < -0.3 is 15.0 Å². The van der Waals surface area contributed by atoms with Crippen molar-refractivity contribution in [1.82, 2.24) is 10.2 Å². The summed E-state index contributed by atoms with van der Waals surface area (Å²) in [5.41, 5.74) is 2.22. The fraction of sp³-hybridized carbons (Fsp3) is 0.227. The number of carbonyl (C=O) groups excluding carboxylic acids is 3. The van der Waals surface area contributed by atoms with Gasteiger partial charge in [0.2, 0.25) is 11.0 Å². The molecule has 0 aromatic heterocycles. The first kappa shape index (κ1) is 20.7. The average Bonchev–Trinajstić information content (AvgIpc) is 3.04. The summed E-state index contributed by atoms with van der Waals surface area (Å²) in [6.45, 7) is 0.885. The number of likely N-dealkylation sites (N-methyl/N-ethyl adjacent to an activating group) is 1. The van der Waals surface area contributed by atoms with Crippen LogP contribution in [0.5, 0.6) is 5.75 Å². The maximum atomic E-state index is 12.2. The standard InChI is InChI=1S/C22H22N2O4S/c1-24(20(25)12-9-16-5-3-2-4-6-16)13-14-28-18-10-7-17(8-11-18)15-19-21(26)29-22(27)23-19/h2-8,10-11,15H,9,12-14H2,1H3,(H,23,27). The van der Waals surface area contributed by atoms with E-state index in [0.717, 1.165) is 17.5 Å². The second-order valence-electron chi connectivity index (χ2n) is 6.58. The van der Waals surface area contributed by atoms with Crippen molar-refractivity contribution in [3.8, 4) is 5.75 Å². The minimum atomic E-state index is -0.358. The molecule has 0 unspecified atom stereocenters. The van der Waals surface area contributed by atoms with E-state index in [-0.39, 0.29) is 22.0 Å². The molecule has 0 spiro atoms. The average molecular weight is 410 g/mol. The molecule has 6 nitrogen and oxygen atoms in total. The van der Waals surface area contributed by atoms with Crippen LogP contribution in [0.4, 0.5) is 4.79 Å². The van der Waals surface area contributed by atoms with E-state index in [0.29, 0.717) is 37.1 Å². The molecule has 0 aliphatic carbocycles. The van der Waals surface area contributed by atoms with Crippen LogP contribution in [0.1, 0.15) is 17.5 Å². The monoisotopic (exact) mass is 410 g/mol. The number of amides is 2. The summed E-state index contributed by atoms with van der Waals surface area (Å²) in [4.78, 5) is 36.7. The number of thioether (sulfide) groups is 1. The van der Waals surface area contributed by atoms with Crippen molar-refractivity contribution in [2.45, 2.75) is 12.8 Å². The van der Waals surface area contributed by atoms with Crippen LogP contribution >= 0.6 is 11.8 Å². The second kappa shape index (κ2) is 9.93. The number of nitrogens with one attached hydrogen (secondary N) is 1. The lowest BCUT2D eigenvalue weighted by molar-refractivity contribution is -0.130. The van der Waals surface area contributed by atoms with E-state index in [2.05, 4.69) is 5.32 Å². The van der Waals surface area contributed by atoms with E-state index in [9.17, 15) is 14.4 Å². The van der Waals surface area contributed by atoms with Crippen LogP contribution in [0.15, 0.2) is 60.3 Å². The quantitative estimate of drug-likeness (QED) is 0.675. The first-order valence-electron chi connectivity index (χ1n) is 9.27. The minimum Gasteiger partial charge on any atom is -0.492 e. The Morgan fingerprint density at radius 3 is 2.48 bits per heavy atom. The number of rotatable bonds is 8. The number of benzene rings is 2. The first-order chi connectivity index (χ1) is 14.0. The molecule has 1 heterocycles. The lowest BCUT2D eigenvalue weighted by Gasteiger charge is -2.17. The van der Waals surface area contributed by atoms with E-state index in [1.807, 2.05) is 30.3 Å². The van der Waals surface area contributed by atoms with Crippen molar-refractivity contribution in [2.75, 3.05) is 20.2 Å². The Hall–Kier alpha value is -3.06. The second-order valence-corrected chi connectivity index (χ2v) is 7.52. The number of aryl methyl sites for hydroxylation is 1. The zero-order valence-corrected chi connectivity index (χ0v) is 16.9. The highest BCUT2D eigenvalue weighted by Crippen LogP contribution is 2.21. The molecular weight excluding hydrogens is 388 g/mol. The van der Waals surface area contributed by atoms with Gasteiger partial charge in [0.05, 0.1) is 12.2 Å². The van der Waals surface area contributed by atoms with Crippen molar-refractivity contribution in [2.24, 2.45) is 0 Å². The molecule has 0 bridgehead atoms. The number of hydrogen-bond donors (Lipinski definition) is 1. The van der Waals surface area contributed by atoms with Gasteiger partial charge in [-0.05, 0) is 35.8 Å². The van der Waals surface area contributed by atoms with Crippen molar-refractivity contribution in [3.05, 3.63) is 71.4 Å². The molecule has 1 aliphatic rings. The zero-order chi connectivity index (χ0) is 20.6. The molecule has 2 amide bonds. The van der Waals surface area contributed by atoms with E-state index < -0.39 is 0 Å². The molecule has 0 radical (unpaired) electrons. The predicted molar refractivity (Wildman–Crippen MR) is 113 cm³/mol. The molecular formula is C22H22N2O4S. The predicted octanol–water partition coefficient (Wildman–Crippen LogP) is 3.48. The molecule has 1 aliphatic heterocycles. The molecule has 2 aromatic carbocycles. The van der Waals surface area contributed by atoms with Crippen LogP contribution in [0.3, 0.4) is 0 Å². The Morgan fingerprint density at radius 2 is 1.83 bits per heavy atom. The number of carbonyl (C=O) groups is 3. The summed E-state index contributed by atoms with van der Waals surface area (Å²) in [5.74, 6) is 0.758. The van der Waals surface area contributed by atoms with E-state index in [1.165, 1.54) is 0 Å². The Balaban J connectivity index is 1.42. The van der Waals surface area contributed by atoms with Gasteiger partial charge in [0, 0.05) is 25.2 Å². The third-order valence-electron chi connectivity index (χ3n) is 4.42. The van der Waals surface area contributed by atoms with Gasteiger partial charge in [0.1, 0.15) is 12.4 Å². The lowest BCUT2D eigenvalue weighted by Crippen LogP contribution is -2.31. The Bertz CT molecular complexity index is 910. The Labute approximate surface area is 173 Å². The molecule has 0 atom stereocenters. The smallest absolute Gasteiger partial charge is 0.291 e. The van der Waals surface area contributed by atoms with Gasteiger partial charge in [-0.3, -0.25) is 14.4 Å². The van der Waals surface area contributed by atoms with Gasteiger partial charge in [-0.1, -0.05) is 42.5 Å².